The van der Waals surface area contributed by atoms with Gasteiger partial charge in [-0.25, -0.2) is 0 Å². The van der Waals surface area contributed by atoms with Crippen LogP contribution in [0.3, 0.4) is 0 Å². The predicted octanol–water partition coefficient (Wildman–Crippen LogP) is 2.12. The second-order valence-corrected chi connectivity index (χ2v) is 5.93. The molecule has 6 heteroatoms. The molecule has 0 aromatic heterocycles. The van der Waals surface area contributed by atoms with E-state index >= 15 is 0 Å². The van der Waals surface area contributed by atoms with Crippen LogP contribution in [-0.4, -0.2) is 29.6 Å². The number of carbonyl (C=O) groups excluding carboxylic acids is 1. The smallest absolute Gasteiger partial charge is 0.308 e. The number of aliphatic carboxylic acids is 1. The van der Waals surface area contributed by atoms with E-state index in [1.807, 2.05) is 13.8 Å². The lowest BCUT2D eigenvalue weighted by molar-refractivity contribution is -0.143. The molecule has 0 spiro atoms. The monoisotopic (exact) mass is 311 g/mol. The van der Waals surface area contributed by atoms with Crippen molar-refractivity contribution in [3.8, 4) is 5.75 Å². The number of carboxylic acid groups (broad SMARTS) is 1. The van der Waals surface area contributed by atoms with E-state index in [9.17, 15) is 9.59 Å². The quantitative estimate of drug-likeness (QED) is 0.873. The van der Waals surface area contributed by atoms with Crippen LogP contribution in [0.15, 0.2) is 18.2 Å². The summed E-state index contributed by atoms with van der Waals surface area (Å²) in [7, 11) is 0. The van der Waals surface area contributed by atoms with Gasteiger partial charge in [0.2, 0.25) is 0 Å². The molecule has 21 heavy (non-hydrogen) atoms. The van der Waals surface area contributed by atoms with Gasteiger partial charge in [-0.15, -0.1) is 0 Å². The first-order valence-corrected chi connectivity index (χ1v) is 7.22. The molecule has 1 heterocycles. The van der Waals surface area contributed by atoms with Crippen molar-refractivity contribution in [3.63, 3.8) is 0 Å². The lowest BCUT2D eigenvalue weighted by Crippen LogP contribution is -2.42. The van der Waals surface area contributed by atoms with Crippen LogP contribution in [0.5, 0.6) is 5.75 Å². The third-order valence-electron chi connectivity index (χ3n) is 3.61. The largest absolute Gasteiger partial charge is 0.481 e. The third-order valence-corrected chi connectivity index (χ3v) is 3.84. The van der Waals surface area contributed by atoms with Gasteiger partial charge in [0.25, 0.3) is 5.91 Å². The number of amides is 1. The van der Waals surface area contributed by atoms with Gasteiger partial charge in [-0.3, -0.25) is 9.59 Å². The van der Waals surface area contributed by atoms with E-state index < -0.39 is 18.0 Å². The normalized spacial score (nSPS) is 18.0. The number of ether oxygens (including phenoxy) is 1. The molecule has 1 aliphatic heterocycles. The van der Waals surface area contributed by atoms with Crippen molar-refractivity contribution in [1.29, 1.82) is 0 Å². The number of benzene rings is 1. The van der Waals surface area contributed by atoms with Gasteiger partial charge in [0.1, 0.15) is 5.75 Å². The summed E-state index contributed by atoms with van der Waals surface area (Å²) in [6.07, 6.45) is -0.179. The van der Waals surface area contributed by atoms with Crippen LogP contribution in [0.2, 0.25) is 5.02 Å². The Hall–Kier alpha value is -1.75. The highest BCUT2D eigenvalue weighted by Crippen LogP contribution is 2.31. The van der Waals surface area contributed by atoms with E-state index in [1.165, 1.54) is 0 Å². The Labute approximate surface area is 128 Å². The molecule has 0 bridgehead atoms. The lowest BCUT2D eigenvalue weighted by Gasteiger charge is -2.18. The summed E-state index contributed by atoms with van der Waals surface area (Å²) in [5, 5.41) is 12.4. The first kappa shape index (κ1) is 15.6. The van der Waals surface area contributed by atoms with Crippen molar-refractivity contribution < 1.29 is 19.4 Å². The van der Waals surface area contributed by atoms with Gasteiger partial charge >= 0.3 is 5.97 Å². The van der Waals surface area contributed by atoms with Gasteiger partial charge < -0.3 is 15.2 Å². The van der Waals surface area contributed by atoms with E-state index in [4.69, 9.17) is 21.4 Å². The minimum atomic E-state index is -0.910. The molecular weight excluding hydrogens is 294 g/mol. The van der Waals surface area contributed by atoms with Crippen LogP contribution in [0.1, 0.15) is 19.4 Å². The van der Waals surface area contributed by atoms with Crippen LogP contribution in [0.25, 0.3) is 0 Å². The number of nitrogens with one attached hydrogen (secondary N) is 1. The summed E-state index contributed by atoms with van der Waals surface area (Å²) in [5.74, 6) is -1.21. The van der Waals surface area contributed by atoms with Gasteiger partial charge in [0.15, 0.2) is 6.10 Å². The predicted molar refractivity (Wildman–Crippen MR) is 78.5 cm³/mol. The van der Waals surface area contributed by atoms with Gasteiger partial charge in [0, 0.05) is 18.0 Å². The number of fused-ring (bicyclic) bond motifs is 1. The summed E-state index contributed by atoms with van der Waals surface area (Å²) in [4.78, 5) is 23.2. The summed E-state index contributed by atoms with van der Waals surface area (Å²) >= 11 is 5.90. The van der Waals surface area contributed by atoms with Crippen LogP contribution >= 0.6 is 11.6 Å². The Balaban J connectivity index is 1.93. The van der Waals surface area contributed by atoms with Gasteiger partial charge in [-0.2, -0.15) is 0 Å². The minimum absolute atomic E-state index is 0.0525. The third kappa shape index (κ3) is 3.67. The van der Waals surface area contributed by atoms with Crippen LogP contribution in [-0.2, 0) is 16.0 Å². The average molecular weight is 312 g/mol. The number of rotatable bonds is 5. The number of halogens is 1. The van der Waals surface area contributed by atoms with Gasteiger partial charge in [-0.05, 0) is 29.7 Å². The lowest BCUT2D eigenvalue weighted by atomic mass is 9.96. The zero-order valence-electron chi connectivity index (χ0n) is 11.9. The Kier molecular flexibility index (Phi) is 4.73. The summed E-state index contributed by atoms with van der Waals surface area (Å²) in [6.45, 7) is 3.73. The zero-order chi connectivity index (χ0) is 15.6. The molecule has 1 aromatic carbocycles. The maximum Gasteiger partial charge on any atom is 0.308 e. The molecule has 2 unspecified atom stereocenters. The van der Waals surface area contributed by atoms with E-state index in [0.29, 0.717) is 17.2 Å². The number of hydrogen-bond acceptors (Lipinski definition) is 3. The molecule has 0 saturated heterocycles. The molecule has 0 radical (unpaired) electrons. The standard InChI is InChI=1S/C15H18ClNO4/c1-8(2)11(15(19)20)7-17-14(18)13-6-9-5-10(16)3-4-12(9)21-13/h3-5,8,11,13H,6-7H2,1-2H3,(H,17,18)(H,19,20). The van der Waals surface area contributed by atoms with Crippen molar-refractivity contribution in [2.24, 2.45) is 11.8 Å². The van der Waals surface area contributed by atoms with E-state index in [0.717, 1.165) is 5.56 Å². The Morgan fingerprint density at radius 1 is 1.48 bits per heavy atom. The first-order chi connectivity index (χ1) is 9.88. The van der Waals surface area contributed by atoms with Crippen LogP contribution in [0, 0.1) is 11.8 Å². The highest BCUT2D eigenvalue weighted by molar-refractivity contribution is 6.30. The molecule has 0 fully saturated rings. The zero-order valence-corrected chi connectivity index (χ0v) is 12.7. The fourth-order valence-electron chi connectivity index (χ4n) is 2.30. The van der Waals surface area contributed by atoms with Crippen molar-refractivity contribution >= 4 is 23.5 Å². The van der Waals surface area contributed by atoms with Crippen molar-refractivity contribution in [3.05, 3.63) is 28.8 Å². The molecule has 5 nitrogen and oxygen atoms in total. The number of carbonyl (C=O) groups is 2. The molecule has 1 aromatic rings. The molecule has 2 rings (SSSR count). The fourth-order valence-corrected chi connectivity index (χ4v) is 2.49. The molecule has 1 aliphatic rings. The van der Waals surface area contributed by atoms with Crippen LogP contribution in [0.4, 0.5) is 0 Å². The topological polar surface area (TPSA) is 75.6 Å². The van der Waals surface area contributed by atoms with E-state index in [2.05, 4.69) is 5.32 Å². The van der Waals surface area contributed by atoms with Crippen molar-refractivity contribution in [1.82, 2.24) is 5.32 Å². The molecule has 2 N–H and O–H groups in total. The minimum Gasteiger partial charge on any atom is -0.481 e. The summed E-state index contributed by atoms with van der Waals surface area (Å²) < 4.78 is 5.56. The maximum atomic E-state index is 12.1. The molecule has 0 aliphatic carbocycles. The Bertz CT molecular complexity index is 559. The van der Waals surface area contributed by atoms with Crippen molar-refractivity contribution in [2.45, 2.75) is 26.4 Å². The van der Waals surface area contributed by atoms with Gasteiger partial charge in [-0.1, -0.05) is 25.4 Å². The first-order valence-electron chi connectivity index (χ1n) is 6.84. The maximum absolute atomic E-state index is 12.1. The van der Waals surface area contributed by atoms with Crippen molar-refractivity contribution in [2.75, 3.05) is 6.54 Å². The molecule has 2 atom stereocenters. The SMILES string of the molecule is CC(C)C(CNC(=O)C1Cc2cc(Cl)ccc2O1)C(=O)O. The number of hydrogen-bond donors (Lipinski definition) is 2. The Morgan fingerprint density at radius 3 is 2.81 bits per heavy atom. The highest BCUT2D eigenvalue weighted by atomic mass is 35.5. The van der Waals surface area contributed by atoms with E-state index in [1.54, 1.807) is 18.2 Å². The second-order valence-electron chi connectivity index (χ2n) is 5.50. The molecule has 1 amide bonds. The molecule has 114 valence electrons. The van der Waals surface area contributed by atoms with E-state index in [-0.39, 0.29) is 18.4 Å². The Morgan fingerprint density at radius 2 is 2.19 bits per heavy atom. The fraction of sp³-hybridized carbons (Fsp3) is 0.467. The molecule has 0 saturated carbocycles. The average Bonchev–Trinajstić information content (AvgIpc) is 2.80. The summed E-state index contributed by atoms with van der Waals surface area (Å²) in [5.41, 5.74) is 0.890. The highest BCUT2D eigenvalue weighted by Gasteiger charge is 2.30. The number of carboxylic acids is 1. The summed E-state index contributed by atoms with van der Waals surface area (Å²) in [6, 6.07) is 5.22. The van der Waals surface area contributed by atoms with Gasteiger partial charge in [0.05, 0.1) is 5.92 Å². The second kappa shape index (κ2) is 6.35. The molecular formula is C15H18ClNO4. The van der Waals surface area contributed by atoms with Crippen LogP contribution < -0.4 is 10.1 Å².